The summed E-state index contributed by atoms with van der Waals surface area (Å²) >= 11 is 5.16. The van der Waals surface area contributed by atoms with Gasteiger partial charge in [-0.25, -0.2) is 0 Å². The molecule has 3 nitrogen and oxygen atoms in total. The minimum Gasteiger partial charge on any atom is -0.497 e. The first-order chi connectivity index (χ1) is 7.61. The van der Waals surface area contributed by atoms with Crippen LogP contribution in [0.25, 0.3) is 0 Å². The van der Waals surface area contributed by atoms with Crippen molar-refractivity contribution >= 4 is 23.0 Å². The van der Waals surface area contributed by atoms with Gasteiger partial charge in [-0.05, 0) is 42.4 Å². The van der Waals surface area contributed by atoms with Crippen LogP contribution in [0.2, 0.25) is 0 Å². The highest BCUT2D eigenvalue weighted by atomic mass is 32.1. The lowest BCUT2D eigenvalue weighted by atomic mass is 10.2. The molecule has 0 aromatic heterocycles. The summed E-state index contributed by atoms with van der Waals surface area (Å²) in [7, 11) is 1.65. The van der Waals surface area contributed by atoms with Crippen LogP contribution in [-0.4, -0.2) is 18.8 Å². The second-order valence-electron chi connectivity index (χ2n) is 3.96. The van der Waals surface area contributed by atoms with E-state index < -0.39 is 0 Å². The third kappa shape index (κ3) is 4.49. The zero-order valence-corrected chi connectivity index (χ0v) is 10.7. The van der Waals surface area contributed by atoms with Crippen molar-refractivity contribution in [3.8, 4) is 5.75 Å². The molecule has 0 aliphatic heterocycles. The van der Waals surface area contributed by atoms with E-state index in [2.05, 4.69) is 24.5 Å². The van der Waals surface area contributed by atoms with Gasteiger partial charge < -0.3 is 15.4 Å². The number of thiocarbonyl (C=S) groups is 1. The molecular weight excluding hydrogens is 220 g/mol. The van der Waals surface area contributed by atoms with E-state index in [1.807, 2.05) is 24.3 Å². The van der Waals surface area contributed by atoms with Crippen LogP contribution < -0.4 is 15.4 Å². The van der Waals surface area contributed by atoms with E-state index in [1.54, 1.807) is 7.11 Å². The van der Waals surface area contributed by atoms with Gasteiger partial charge in [-0.3, -0.25) is 0 Å². The Morgan fingerprint density at radius 2 is 1.94 bits per heavy atom. The summed E-state index contributed by atoms with van der Waals surface area (Å²) < 4.78 is 5.08. The predicted molar refractivity (Wildman–Crippen MR) is 72.1 cm³/mol. The maximum atomic E-state index is 5.16. The second kappa shape index (κ2) is 6.33. The van der Waals surface area contributed by atoms with Gasteiger partial charge in [-0.15, -0.1) is 0 Å². The molecule has 1 aromatic rings. The van der Waals surface area contributed by atoms with Crippen molar-refractivity contribution in [1.82, 2.24) is 5.32 Å². The fourth-order valence-electron chi connectivity index (χ4n) is 1.15. The molecule has 0 heterocycles. The van der Waals surface area contributed by atoms with Gasteiger partial charge in [0.15, 0.2) is 5.11 Å². The average Bonchev–Trinajstić information content (AvgIpc) is 2.27. The molecule has 0 bridgehead atoms. The van der Waals surface area contributed by atoms with Gasteiger partial charge in [0, 0.05) is 12.2 Å². The van der Waals surface area contributed by atoms with Gasteiger partial charge in [0.1, 0.15) is 5.75 Å². The van der Waals surface area contributed by atoms with E-state index in [0.717, 1.165) is 18.0 Å². The summed E-state index contributed by atoms with van der Waals surface area (Å²) in [5, 5.41) is 6.91. The molecule has 0 amide bonds. The van der Waals surface area contributed by atoms with Crippen LogP contribution in [0.4, 0.5) is 5.69 Å². The van der Waals surface area contributed by atoms with E-state index in [9.17, 15) is 0 Å². The van der Waals surface area contributed by atoms with Crippen molar-refractivity contribution < 1.29 is 4.74 Å². The summed E-state index contributed by atoms with van der Waals surface area (Å²) in [5.41, 5.74) is 0.960. The Morgan fingerprint density at radius 1 is 1.31 bits per heavy atom. The van der Waals surface area contributed by atoms with Crippen molar-refractivity contribution in [1.29, 1.82) is 0 Å². The standard InChI is InChI=1S/C12H18N2OS/c1-9(2)8-13-12(16)14-10-4-6-11(15-3)7-5-10/h4-7,9H,8H2,1-3H3,(H2,13,14,16). The van der Waals surface area contributed by atoms with Crippen LogP contribution in [0, 0.1) is 5.92 Å². The number of rotatable bonds is 4. The maximum Gasteiger partial charge on any atom is 0.170 e. The highest BCUT2D eigenvalue weighted by Gasteiger charge is 1.99. The molecule has 0 saturated heterocycles. The van der Waals surface area contributed by atoms with Gasteiger partial charge in [-0.2, -0.15) is 0 Å². The van der Waals surface area contributed by atoms with Gasteiger partial charge in [0.05, 0.1) is 7.11 Å². The normalized spacial score (nSPS) is 10.0. The molecule has 0 radical (unpaired) electrons. The van der Waals surface area contributed by atoms with Crippen molar-refractivity contribution in [3.63, 3.8) is 0 Å². The van der Waals surface area contributed by atoms with Crippen molar-refractivity contribution in [3.05, 3.63) is 24.3 Å². The van der Waals surface area contributed by atoms with Gasteiger partial charge >= 0.3 is 0 Å². The molecule has 1 rings (SSSR count). The van der Waals surface area contributed by atoms with Crippen LogP contribution in [0.3, 0.4) is 0 Å². The lowest BCUT2D eigenvalue weighted by Crippen LogP contribution is -2.31. The largest absolute Gasteiger partial charge is 0.497 e. The fraction of sp³-hybridized carbons (Fsp3) is 0.417. The minimum atomic E-state index is 0.579. The average molecular weight is 238 g/mol. The molecule has 2 N–H and O–H groups in total. The Balaban J connectivity index is 2.43. The number of anilines is 1. The highest BCUT2D eigenvalue weighted by Crippen LogP contribution is 2.14. The predicted octanol–water partition coefficient (Wildman–Crippen LogP) is 2.64. The monoisotopic (exact) mass is 238 g/mol. The minimum absolute atomic E-state index is 0.579. The Labute approximate surface area is 102 Å². The number of benzene rings is 1. The second-order valence-corrected chi connectivity index (χ2v) is 4.37. The first-order valence-corrected chi connectivity index (χ1v) is 5.71. The number of methoxy groups -OCH3 is 1. The Bertz CT molecular complexity index is 335. The lowest BCUT2D eigenvalue weighted by Gasteiger charge is -2.12. The molecule has 0 unspecified atom stereocenters. The molecule has 88 valence electrons. The molecule has 0 atom stereocenters. The van der Waals surface area contributed by atoms with Crippen LogP contribution in [-0.2, 0) is 0 Å². The van der Waals surface area contributed by atoms with Crippen LogP contribution in [0.5, 0.6) is 5.75 Å². The van der Waals surface area contributed by atoms with Gasteiger partial charge in [-0.1, -0.05) is 13.8 Å². The van der Waals surface area contributed by atoms with Crippen molar-refractivity contribution in [2.75, 3.05) is 19.0 Å². The zero-order valence-electron chi connectivity index (χ0n) is 9.91. The van der Waals surface area contributed by atoms with Crippen molar-refractivity contribution in [2.45, 2.75) is 13.8 Å². The summed E-state index contributed by atoms with van der Waals surface area (Å²) in [6.07, 6.45) is 0. The topological polar surface area (TPSA) is 33.3 Å². The summed E-state index contributed by atoms with van der Waals surface area (Å²) in [4.78, 5) is 0. The Kier molecular flexibility index (Phi) is 5.05. The highest BCUT2D eigenvalue weighted by molar-refractivity contribution is 7.80. The van der Waals surface area contributed by atoms with E-state index in [0.29, 0.717) is 11.0 Å². The fourth-order valence-corrected chi connectivity index (χ4v) is 1.35. The smallest absolute Gasteiger partial charge is 0.170 e. The molecule has 0 spiro atoms. The summed E-state index contributed by atoms with van der Waals surface area (Å²) in [5.74, 6) is 1.42. The zero-order chi connectivity index (χ0) is 12.0. The van der Waals surface area contributed by atoms with E-state index in [1.165, 1.54) is 0 Å². The lowest BCUT2D eigenvalue weighted by molar-refractivity contribution is 0.415. The maximum absolute atomic E-state index is 5.16. The van der Waals surface area contributed by atoms with E-state index >= 15 is 0 Å². The third-order valence-electron chi connectivity index (χ3n) is 2.02. The molecule has 16 heavy (non-hydrogen) atoms. The molecule has 4 heteroatoms. The number of nitrogens with one attached hydrogen (secondary N) is 2. The molecule has 1 aromatic carbocycles. The SMILES string of the molecule is COc1ccc(NC(=S)NCC(C)C)cc1. The molecular formula is C12H18N2OS. The van der Waals surface area contributed by atoms with Crippen LogP contribution in [0.1, 0.15) is 13.8 Å². The first kappa shape index (κ1) is 12.8. The number of hydrogen-bond donors (Lipinski definition) is 2. The Morgan fingerprint density at radius 3 is 2.44 bits per heavy atom. The van der Waals surface area contributed by atoms with E-state index in [4.69, 9.17) is 17.0 Å². The third-order valence-corrected chi connectivity index (χ3v) is 2.27. The molecule has 0 saturated carbocycles. The molecule has 0 aliphatic carbocycles. The molecule has 0 aliphatic rings. The summed E-state index contributed by atoms with van der Waals surface area (Å²) in [6.45, 7) is 5.16. The summed E-state index contributed by atoms with van der Waals surface area (Å²) in [6, 6.07) is 7.66. The van der Waals surface area contributed by atoms with E-state index in [-0.39, 0.29) is 0 Å². The quantitative estimate of drug-likeness (QED) is 0.790. The molecule has 0 fully saturated rings. The van der Waals surface area contributed by atoms with Gasteiger partial charge in [0.2, 0.25) is 0 Å². The number of ether oxygens (including phenoxy) is 1. The van der Waals surface area contributed by atoms with Crippen LogP contribution >= 0.6 is 12.2 Å². The van der Waals surface area contributed by atoms with Gasteiger partial charge in [0.25, 0.3) is 0 Å². The van der Waals surface area contributed by atoms with Crippen LogP contribution in [0.15, 0.2) is 24.3 Å². The van der Waals surface area contributed by atoms with Crippen molar-refractivity contribution in [2.24, 2.45) is 5.92 Å². The first-order valence-electron chi connectivity index (χ1n) is 5.30. The Hall–Kier alpha value is -1.29. The number of hydrogen-bond acceptors (Lipinski definition) is 2.